The Balaban J connectivity index is 2.22. The second kappa shape index (κ2) is 4.59. The Hall–Kier alpha value is -0.590. The van der Waals surface area contributed by atoms with E-state index in [4.69, 9.17) is 10.00 Å². The fourth-order valence-corrected chi connectivity index (χ4v) is 1.32. The maximum Gasteiger partial charge on any atom is 0.0684 e. The molecule has 1 aliphatic rings. The number of nitriles is 1. The molecule has 0 amide bonds. The van der Waals surface area contributed by atoms with Crippen molar-refractivity contribution in [2.45, 2.75) is 20.3 Å². The summed E-state index contributed by atoms with van der Waals surface area (Å²) in [5.41, 5.74) is -0.182. The maximum absolute atomic E-state index is 8.83. The maximum atomic E-state index is 8.83. The zero-order chi connectivity index (χ0) is 9.73. The van der Waals surface area contributed by atoms with Gasteiger partial charge in [0, 0.05) is 13.1 Å². The Bertz CT molecular complexity index is 190. The van der Waals surface area contributed by atoms with Crippen molar-refractivity contribution in [3.05, 3.63) is 0 Å². The summed E-state index contributed by atoms with van der Waals surface area (Å²) in [6, 6.07) is 2.32. The molecule has 0 unspecified atom stereocenters. The molecule has 1 aliphatic heterocycles. The van der Waals surface area contributed by atoms with Crippen molar-refractivity contribution in [1.29, 1.82) is 5.26 Å². The molecule has 1 rings (SSSR count). The second-order valence-electron chi connectivity index (χ2n) is 4.20. The molecule has 3 heteroatoms. The molecule has 0 radical (unpaired) electrons. The average Bonchev–Trinajstić information content (AvgIpc) is 2.17. The highest BCUT2D eigenvalue weighted by molar-refractivity contribution is 4.92. The Morgan fingerprint density at radius 2 is 2.00 bits per heavy atom. The Morgan fingerprint density at radius 1 is 1.38 bits per heavy atom. The van der Waals surface area contributed by atoms with Gasteiger partial charge in [-0.2, -0.15) is 5.26 Å². The molecule has 0 aromatic rings. The zero-order valence-corrected chi connectivity index (χ0v) is 8.55. The zero-order valence-electron chi connectivity index (χ0n) is 8.55. The summed E-state index contributed by atoms with van der Waals surface area (Å²) in [6.07, 6.45) is 0.948. The summed E-state index contributed by atoms with van der Waals surface area (Å²) in [6.45, 7) is 8.72. The molecule has 0 aromatic heterocycles. The Morgan fingerprint density at radius 3 is 2.54 bits per heavy atom. The van der Waals surface area contributed by atoms with E-state index in [-0.39, 0.29) is 5.41 Å². The summed E-state index contributed by atoms with van der Waals surface area (Å²) in [5, 5.41) is 8.83. The van der Waals surface area contributed by atoms with E-state index >= 15 is 0 Å². The van der Waals surface area contributed by atoms with Crippen LogP contribution in [0.1, 0.15) is 20.3 Å². The first-order chi connectivity index (χ1) is 6.14. The molecule has 1 fully saturated rings. The van der Waals surface area contributed by atoms with E-state index in [1.54, 1.807) is 0 Å². The van der Waals surface area contributed by atoms with Gasteiger partial charge >= 0.3 is 0 Å². The molecule has 0 aromatic carbocycles. The molecule has 74 valence electrons. The van der Waals surface area contributed by atoms with Crippen molar-refractivity contribution in [2.24, 2.45) is 5.41 Å². The first-order valence-electron chi connectivity index (χ1n) is 4.85. The Labute approximate surface area is 80.3 Å². The van der Waals surface area contributed by atoms with Crippen LogP contribution in [0.15, 0.2) is 0 Å². The first kappa shape index (κ1) is 10.5. The highest BCUT2D eigenvalue weighted by Gasteiger charge is 2.19. The molecule has 0 saturated carbocycles. The standard InChI is InChI=1S/C10H18N2O/c1-10(2,9-11)3-4-12-5-7-13-8-6-12/h3-8H2,1-2H3. The van der Waals surface area contributed by atoms with Crippen LogP contribution in [0.25, 0.3) is 0 Å². The summed E-state index contributed by atoms with van der Waals surface area (Å²) in [4.78, 5) is 2.36. The van der Waals surface area contributed by atoms with Gasteiger partial charge in [0.15, 0.2) is 0 Å². The van der Waals surface area contributed by atoms with Crippen LogP contribution in [-0.4, -0.2) is 37.7 Å². The van der Waals surface area contributed by atoms with Crippen molar-refractivity contribution < 1.29 is 4.74 Å². The third-order valence-electron chi connectivity index (χ3n) is 2.46. The van der Waals surface area contributed by atoms with Gasteiger partial charge in [-0.25, -0.2) is 0 Å². The second-order valence-corrected chi connectivity index (χ2v) is 4.20. The van der Waals surface area contributed by atoms with Crippen LogP contribution in [-0.2, 0) is 4.74 Å². The molecule has 13 heavy (non-hydrogen) atoms. The van der Waals surface area contributed by atoms with Crippen molar-refractivity contribution in [1.82, 2.24) is 4.90 Å². The third kappa shape index (κ3) is 3.75. The number of morpholine rings is 1. The quantitative estimate of drug-likeness (QED) is 0.659. The molecular weight excluding hydrogens is 164 g/mol. The monoisotopic (exact) mass is 182 g/mol. The lowest BCUT2D eigenvalue weighted by Gasteiger charge is -2.28. The van der Waals surface area contributed by atoms with Gasteiger partial charge in [0.05, 0.1) is 24.7 Å². The topological polar surface area (TPSA) is 36.3 Å². The number of hydrogen-bond acceptors (Lipinski definition) is 3. The normalized spacial score (nSPS) is 19.8. The van der Waals surface area contributed by atoms with Gasteiger partial charge in [-0.1, -0.05) is 0 Å². The minimum Gasteiger partial charge on any atom is -0.379 e. The molecule has 1 saturated heterocycles. The molecule has 3 nitrogen and oxygen atoms in total. The molecule has 0 spiro atoms. The molecular formula is C10H18N2O. The predicted octanol–water partition coefficient (Wildman–Crippen LogP) is 1.26. The summed E-state index contributed by atoms with van der Waals surface area (Å²) in [5.74, 6) is 0. The predicted molar refractivity (Wildman–Crippen MR) is 51.3 cm³/mol. The lowest BCUT2D eigenvalue weighted by Crippen LogP contribution is -2.38. The van der Waals surface area contributed by atoms with Gasteiger partial charge in [-0.15, -0.1) is 0 Å². The average molecular weight is 182 g/mol. The minimum absolute atomic E-state index is 0.182. The van der Waals surface area contributed by atoms with E-state index in [0.29, 0.717) is 0 Å². The minimum atomic E-state index is -0.182. The fraction of sp³-hybridized carbons (Fsp3) is 0.900. The molecule has 0 aliphatic carbocycles. The van der Waals surface area contributed by atoms with Crippen LogP contribution in [0.4, 0.5) is 0 Å². The summed E-state index contributed by atoms with van der Waals surface area (Å²) in [7, 11) is 0. The van der Waals surface area contributed by atoms with Crippen molar-refractivity contribution >= 4 is 0 Å². The highest BCUT2D eigenvalue weighted by atomic mass is 16.5. The van der Waals surface area contributed by atoms with Gasteiger partial charge in [0.25, 0.3) is 0 Å². The van der Waals surface area contributed by atoms with Crippen LogP contribution in [0.3, 0.4) is 0 Å². The van der Waals surface area contributed by atoms with Crippen LogP contribution >= 0.6 is 0 Å². The van der Waals surface area contributed by atoms with E-state index in [1.807, 2.05) is 13.8 Å². The lowest BCUT2D eigenvalue weighted by atomic mass is 9.91. The fourth-order valence-electron chi connectivity index (χ4n) is 1.32. The van der Waals surface area contributed by atoms with E-state index < -0.39 is 0 Å². The molecule has 0 atom stereocenters. The summed E-state index contributed by atoms with van der Waals surface area (Å²) >= 11 is 0. The van der Waals surface area contributed by atoms with Crippen LogP contribution in [0.5, 0.6) is 0 Å². The first-order valence-corrected chi connectivity index (χ1v) is 4.85. The number of rotatable bonds is 3. The van der Waals surface area contributed by atoms with Crippen LogP contribution in [0, 0.1) is 16.7 Å². The number of hydrogen-bond donors (Lipinski definition) is 0. The van der Waals surface area contributed by atoms with Crippen molar-refractivity contribution in [3.8, 4) is 6.07 Å². The number of nitrogens with zero attached hydrogens (tertiary/aromatic N) is 2. The number of ether oxygens (including phenoxy) is 1. The SMILES string of the molecule is CC(C)(C#N)CCN1CCOCC1. The van der Waals surface area contributed by atoms with Crippen LogP contribution in [0.2, 0.25) is 0 Å². The van der Waals surface area contributed by atoms with E-state index in [9.17, 15) is 0 Å². The Kier molecular flexibility index (Phi) is 3.71. The van der Waals surface area contributed by atoms with E-state index in [1.165, 1.54) is 0 Å². The third-order valence-corrected chi connectivity index (χ3v) is 2.46. The van der Waals surface area contributed by atoms with Gasteiger partial charge < -0.3 is 4.74 Å². The van der Waals surface area contributed by atoms with E-state index in [0.717, 1.165) is 39.3 Å². The molecule has 0 bridgehead atoms. The van der Waals surface area contributed by atoms with Gasteiger partial charge in [0.1, 0.15) is 0 Å². The molecule has 0 N–H and O–H groups in total. The largest absolute Gasteiger partial charge is 0.379 e. The smallest absolute Gasteiger partial charge is 0.0684 e. The van der Waals surface area contributed by atoms with Gasteiger partial charge in [-0.05, 0) is 26.8 Å². The van der Waals surface area contributed by atoms with Gasteiger partial charge in [0.2, 0.25) is 0 Å². The molecule has 1 heterocycles. The van der Waals surface area contributed by atoms with Gasteiger partial charge in [-0.3, -0.25) is 4.90 Å². The lowest BCUT2D eigenvalue weighted by molar-refractivity contribution is 0.0345. The van der Waals surface area contributed by atoms with Crippen molar-refractivity contribution in [3.63, 3.8) is 0 Å². The highest BCUT2D eigenvalue weighted by Crippen LogP contribution is 2.19. The van der Waals surface area contributed by atoms with Crippen molar-refractivity contribution in [2.75, 3.05) is 32.8 Å². The van der Waals surface area contributed by atoms with E-state index in [2.05, 4.69) is 11.0 Å². The summed E-state index contributed by atoms with van der Waals surface area (Å²) < 4.78 is 5.25. The van der Waals surface area contributed by atoms with Crippen LogP contribution < -0.4 is 0 Å².